The summed E-state index contributed by atoms with van der Waals surface area (Å²) in [5, 5.41) is 2.38. The Labute approximate surface area is 188 Å². The summed E-state index contributed by atoms with van der Waals surface area (Å²) in [6.07, 6.45) is 0.887. The molecule has 4 aromatic carbocycles. The number of hydrogen-bond donors (Lipinski definition) is 0. The van der Waals surface area contributed by atoms with Gasteiger partial charge in [-0.1, -0.05) is 60.7 Å². The number of ether oxygens (including phenoxy) is 2. The summed E-state index contributed by atoms with van der Waals surface area (Å²) in [5.41, 5.74) is 3.27. The highest BCUT2D eigenvalue weighted by molar-refractivity contribution is 5.83. The summed E-state index contributed by atoms with van der Waals surface area (Å²) in [6.45, 7) is 3.97. The highest BCUT2D eigenvalue weighted by Gasteiger charge is 2.11. The number of rotatable bonds is 8. The number of para-hydroxylation sites is 3. The number of aryl methyl sites for hydroxylation is 2. The molecule has 5 rings (SSSR count). The zero-order valence-corrected chi connectivity index (χ0v) is 18.2. The van der Waals surface area contributed by atoms with Gasteiger partial charge in [0.2, 0.25) is 0 Å². The van der Waals surface area contributed by atoms with Gasteiger partial charge in [-0.2, -0.15) is 0 Å². The molecule has 0 N–H and O–H groups in total. The van der Waals surface area contributed by atoms with Gasteiger partial charge in [0.15, 0.2) is 0 Å². The zero-order chi connectivity index (χ0) is 21.8. The second kappa shape index (κ2) is 9.15. The molecule has 1 heterocycles. The lowest BCUT2D eigenvalue weighted by Crippen LogP contribution is -2.10. The molecule has 1 aromatic heterocycles. The van der Waals surface area contributed by atoms with E-state index in [-0.39, 0.29) is 0 Å². The second-order valence-corrected chi connectivity index (χ2v) is 7.93. The molecule has 0 bridgehead atoms. The van der Waals surface area contributed by atoms with Crippen molar-refractivity contribution in [2.45, 2.75) is 26.5 Å². The first-order valence-electron chi connectivity index (χ1n) is 11.0. The Morgan fingerprint density at radius 1 is 0.781 bits per heavy atom. The maximum absolute atomic E-state index is 6.15. The van der Waals surface area contributed by atoms with Crippen LogP contribution in [0.25, 0.3) is 21.8 Å². The number of benzene rings is 4. The van der Waals surface area contributed by atoms with Gasteiger partial charge in [-0.25, -0.2) is 4.98 Å². The summed E-state index contributed by atoms with van der Waals surface area (Å²) in [6, 6.07) is 30.9. The first-order valence-corrected chi connectivity index (χ1v) is 11.0. The van der Waals surface area contributed by atoms with E-state index < -0.39 is 0 Å². The van der Waals surface area contributed by atoms with Gasteiger partial charge in [-0.15, -0.1) is 0 Å². The van der Waals surface area contributed by atoms with Crippen molar-refractivity contribution in [3.8, 4) is 11.5 Å². The molecule has 0 fully saturated rings. The minimum Gasteiger partial charge on any atom is -0.493 e. The lowest BCUT2D eigenvalue weighted by Gasteiger charge is -2.12. The lowest BCUT2D eigenvalue weighted by molar-refractivity contribution is 0.280. The molecule has 5 aromatic rings. The first kappa shape index (κ1) is 20.1. The normalized spacial score (nSPS) is 11.2. The molecule has 0 aliphatic heterocycles. The van der Waals surface area contributed by atoms with Crippen molar-refractivity contribution in [3.63, 3.8) is 0 Å². The van der Waals surface area contributed by atoms with Crippen molar-refractivity contribution in [3.05, 3.63) is 102 Å². The fourth-order valence-electron chi connectivity index (χ4n) is 4.01. The molecule has 0 saturated carbocycles. The molecule has 0 aliphatic rings. The van der Waals surface area contributed by atoms with E-state index in [0.717, 1.165) is 46.9 Å². The molecule has 4 nitrogen and oxygen atoms in total. The average molecular weight is 423 g/mol. The van der Waals surface area contributed by atoms with Crippen LogP contribution in [0.1, 0.15) is 17.8 Å². The van der Waals surface area contributed by atoms with Crippen LogP contribution in [0.4, 0.5) is 0 Å². The van der Waals surface area contributed by atoms with Gasteiger partial charge >= 0.3 is 0 Å². The van der Waals surface area contributed by atoms with Crippen molar-refractivity contribution in [1.29, 1.82) is 0 Å². The fourth-order valence-corrected chi connectivity index (χ4v) is 4.01. The molecular weight excluding hydrogens is 396 g/mol. The van der Waals surface area contributed by atoms with E-state index in [2.05, 4.69) is 60.0 Å². The van der Waals surface area contributed by atoms with Crippen LogP contribution in [0.2, 0.25) is 0 Å². The third kappa shape index (κ3) is 4.30. The molecule has 0 atom stereocenters. The minimum absolute atomic E-state index is 0.422. The van der Waals surface area contributed by atoms with Crippen LogP contribution < -0.4 is 9.47 Å². The topological polar surface area (TPSA) is 36.3 Å². The van der Waals surface area contributed by atoms with Gasteiger partial charge in [-0.3, -0.25) is 0 Å². The van der Waals surface area contributed by atoms with Crippen molar-refractivity contribution < 1.29 is 9.47 Å². The van der Waals surface area contributed by atoms with Crippen molar-refractivity contribution in [2.24, 2.45) is 0 Å². The average Bonchev–Trinajstić information content (AvgIpc) is 3.19. The Hall–Kier alpha value is -3.79. The molecule has 0 radical (unpaired) electrons. The van der Waals surface area contributed by atoms with E-state index in [0.29, 0.717) is 13.2 Å². The van der Waals surface area contributed by atoms with Crippen LogP contribution in [0, 0.1) is 6.92 Å². The highest BCUT2D eigenvalue weighted by atomic mass is 16.5. The first-order chi connectivity index (χ1) is 15.8. The Kier molecular flexibility index (Phi) is 5.75. The summed E-state index contributed by atoms with van der Waals surface area (Å²) >= 11 is 0. The minimum atomic E-state index is 0.422. The van der Waals surface area contributed by atoms with Crippen LogP contribution in [0.3, 0.4) is 0 Å². The molecule has 32 heavy (non-hydrogen) atoms. The van der Waals surface area contributed by atoms with E-state index in [1.165, 1.54) is 10.8 Å². The van der Waals surface area contributed by atoms with Gasteiger partial charge in [0.05, 0.1) is 17.6 Å². The molecule has 0 saturated heterocycles. The highest BCUT2D eigenvalue weighted by Crippen LogP contribution is 2.23. The van der Waals surface area contributed by atoms with E-state index in [9.17, 15) is 0 Å². The van der Waals surface area contributed by atoms with E-state index in [1.807, 2.05) is 42.5 Å². The Morgan fingerprint density at radius 2 is 1.56 bits per heavy atom. The lowest BCUT2D eigenvalue weighted by atomic mass is 10.1. The third-order valence-corrected chi connectivity index (χ3v) is 5.70. The molecule has 0 amide bonds. The van der Waals surface area contributed by atoms with Crippen LogP contribution in [0.5, 0.6) is 11.5 Å². The molecule has 4 heteroatoms. The van der Waals surface area contributed by atoms with Gasteiger partial charge in [0.25, 0.3) is 0 Å². The predicted octanol–water partition coefficient (Wildman–Crippen LogP) is 6.55. The SMILES string of the molecule is Cc1ccccc1OCCCn1c(COc2ccc3ccccc3c2)nc2ccccc21. The van der Waals surface area contributed by atoms with E-state index >= 15 is 0 Å². The smallest absolute Gasteiger partial charge is 0.147 e. The molecular formula is C28H26N2O2. The van der Waals surface area contributed by atoms with Crippen molar-refractivity contribution >= 4 is 21.8 Å². The van der Waals surface area contributed by atoms with Crippen molar-refractivity contribution in [2.75, 3.05) is 6.61 Å². The van der Waals surface area contributed by atoms with Gasteiger partial charge in [-0.05, 0) is 60.0 Å². The monoisotopic (exact) mass is 422 g/mol. The van der Waals surface area contributed by atoms with Crippen molar-refractivity contribution in [1.82, 2.24) is 9.55 Å². The van der Waals surface area contributed by atoms with Crippen LogP contribution in [-0.2, 0) is 13.2 Å². The van der Waals surface area contributed by atoms with Gasteiger partial charge < -0.3 is 14.0 Å². The zero-order valence-electron chi connectivity index (χ0n) is 18.2. The summed E-state index contributed by atoms with van der Waals surface area (Å²) in [4.78, 5) is 4.84. The fraction of sp³-hybridized carbons (Fsp3) is 0.179. The van der Waals surface area contributed by atoms with E-state index in [1.54, 1.807) is 0 Å². The maximum Gasteiger partial charge on any atom is 0.147 e. The summed E-state index contributed by atoms with van der Waals surface area (Å²) in [7, 11) is 0. The summed E-state index contributed by atoms with van der Waals surface area (Å²) < 4.78 is 14.4. The van der Waals surface area contributed by atoms with Crippen LogP contribution in [0.15, 0.2) is 91.0 Å². The van der Waals surface area contributed by atoms with Gasteiger partial charge in [0.1, 0.15) is 23.9 Å². The quantitative estimate of drug-likeness (QED) is 0.266. The molecule has 160 valence electrons. The number of aromatic nitrogens is 2. The Bertz CT molecular complexity index is 1360. The molecule has 0 aliphatic carbocycles. The van der Waals surface area contributed by atoms with Gasteiger partial charge in [0, 0.05) is 6.54 Å². The largest absolute Gasteiger partial charge is 0.493 e. The predicted molar refractivity (Wildman–Crippen MR) is 129 cm³/mol. The maximum atomic E-state index is 6.15. The van der Waals surface area contributed by atoms with Crippen LogP contribution >= 0.6 is 0 Å². The standard InChI is InChI=1S/C28H26N2O2/c1-21-9-2-7-14-27(21)31-18-8-17-30-26-13-6-5-12-25(26)29-28(30)20-32-24-16-15-22-10-3-4-11-23(22)19-24/h2-7,9-16,19H,8,17-18,20H2,1H3. The molecule has 0 unspecified atom stereocenters. The number of nitrogens with zero attached hydrogens (tertiary/aromatic N) is 2. The Balaban J connectivity index is 1.30. The van der Waals surface area contributed by atoms with Crippen LogP contribution in [-0.4, -0.2) is 16.2 Å². The molecule has 0 spiro atoms. The second-order valence-electron chi connectivity index (χ2n) is 7.93. The Morgan fingerprint density at radius 3 is 2.47 bits per heavy atom. The number of hydrogen-bond acceptors (Lipinski definition) is 3. The number of fused-ring (bicyclic) bond motifs is 2. The summed E-state index contributed by atoms with van der Waals surface area (Å²) in [5.74, 6) is 2.73. The number of imidazole rings is 1. The van der Waals surface area contributed by atoms with E-state index in [4.69, 9.17) is 14.5 Å². The third-order valence-electron chi connectivity index (χ3n) is 5.70.